The van der Waals surface area contributed by atoms with Crippen molar-refractivity contribution >= 4 is 17.4 Å². The largest absolute Gasteiger partial charge is 0.461 e. The van der Waals surface area contributed by atoms with E-state index in [0.717, 1.165) is 12.1 Å². The summed E-state index contributed by atoms with van der Waals surface area (Å²) in [7, 11) is 0. The van der Waals surface area contributed by atoms with Gasteiger partial charge in [-0.25, -0.2) is 4.79 Å². The van der Waals surface area contributed by atoms with E-state index in [1.807, 2.05) is 0 Å². The van der Waals surface area contributed by atoms with Gasteiger partial charge in [-0.2, -0.15) is 18.4 Å². The smallest absolute Gasteiger partial charge is 0.416 e. The number of carbonyl (C=O) groups is 1. The first kappa shape index (κ1) is 19.5. The van der Waals surface area contributed by atoms with Gasteiger partial charge in [0.2, 0.25) is 0 Å². The van der Waals surface area contributed by atoms with Crippen molar-refractivity contribution in [3.8, 4) is 6.07 Å². The number of nitrogens with two attached hydrogens (primary N) is 1. The number of ether oxygens (including phenoxy) is 1. The standard InChI is InChI=1S/C18H18F3N3O2/c1-2-26-17(25)16(23)14-7-6-11(10-22)8-15(14)24-13-5-3-4-12(9-13)18(19,20)21/h3-5,9,11H,2,6-8,23H2,1H3/b16-14-,24-15?. The van der Waals surface area contributed by atoms with Gasteiger partial charge in [0.15, 0.2) is 0 Å². The van der Waals surface area contributed by atoms with Gasteiger partial charge in [-0.3, -0.25) is 4.99 Å². The van der Waals surface area contributed by atoms with E-state index in [4.69, 9.17) is 15.7 Å². The van der Waals surface area contributed by atoms with Gasteiger partial charge in [-0.15, -0.1) is 0 Å². The molecule has 8 heteroatoms. The van der Waals surface area contributed by atoms with E-state index in [1.165, 1.54) is 12.1 Å². The number of hydrogen-bond acceptors (Lipinski definition) is 5. The van der Waals surface area contributed by atoms with Gasteiger partial charge in [0, 0.05) is 17.7 Å². The summed E-state index contributed by atoms with van der Waals surface area (Å²) >= 11 is 0. The third kappa shape index (κ3) is 4.63. The van der Waals surface area contributed by atoms with Crippen molar-refractivity contribution in [2.45, 2.75) is 32.4 Å². The molecule has 0 aromatic heterocycles. The number of esters is 1. The number of halogens is 3. The number of benzene rings is 1. The number of alkyl halides is 3. The van der Waals surface area contributed by atoms with Crippen LogP contribution in [0.3, 0.4) is 0 Å². The molecule has 0 bridgehead atoms. The molecule has 0 heterocycles. The number of nitriles is 1. The second-order valence-corrected chi connectivity index (χ2v) is 5.79. The number of rotatable bonds is 3. The predicted molar refractivity (Wildman–Crippen MR) is 89.3 cm³/mol. The second kappa shape index (κ2) is 8.04. The lowest BCUT2D eigenvalue weighted by Crippen LogP contribution is -2.25. The van der Waals surface area contributed by atoms with E-state index in [0.29, 0.717) is 24.1 Å². The Hall–Kier alpha value is -2.82. The van der Waals surface area contributed by atoms with Gasteiger partial charge >= 0.3 is 12.1 Å². The maximum absolute atomic E-state index is 12.9. The highest BCUT2D eigenvalue weighted by molar-refractivity contribution is 6.08. The first-order chi connectivity index (χ1) is 12.3. The van der Waals surface area contributed by atoms with E-state index >= 15 is 0 Å². The van der Waals surface area contributed by atoms with Crippen LogP contribution in [0.2, 0.25) is 0 Å². The lowest BCUT2D eigenvalue weighted by atomic mass is 9.84. The van der Waals surface area contributed by atoms with Gasteiger partial charge in [0.05, 0.1) is 29.8 Å². The summed E-state index contributed by atoms with van der Waals surface area (Å²) in [6, 6.07) is 6.68. The topological polar surface area (TPSA) is 88.5 Å². The Kier molecular flexibility index (Phi) is 6.03. The van der Waals surface area contributed by atoms with Crippen molar-refractivity contribution in [3.05, 3.63) is 41.1 Å². The van der Waals surface area contributed by atoms with Gasteiger partial charge in [-0.05, 0) is 38.0 Å². The van der Waals surface area contributed by atoms with E-state index in [9.17, 15) is 18.0 Å². The van der Waals surface area contributed by atoms with Crippen LogP contribution < -0.4 is 5.73 Å². The van der Waals surface area contributed by atoms with Crippen LogP contribution in [-0.2, 0) is 15.7 Å². The second-order valence-electron chi connectivity index (χ2n) is 5.79. The zero-order valence-corrected chi connectivity index (χ0v) is 14.1. The average molecular weight is 365 g/mol. The number of hydrogen-bond donors (Lipinski definition) is 1. The van der Waals surface area contributed by atoms with Crippen LogP contribution in [0.15, 0.2) is 40.5 Å². The van der Waals surface area contributed by atoms with Crippen molar-refractivity contribution in [1.82, 2.24) is 0 Å². The Morgan fingerprint density at radius 1 is 1.46 bits per heavy atom. The summed E-state index contributed by atoms with van der Waals surface area (Å²) in [5.74, 6) is -1.03. The van der Waals surface area contributed by atoms with Crippen molar-refractivity contribution in [3.63, 3.8) is 0 Å². The summed E-state index contributed by atoms with van der Waals surface area (Å²) in [6.45, 7) is 1.79. The maximum Gasteiger partial charge on any atom is 0.416 e. The molecule has 1 aliphatic carbocycles. The molecule has 1 saturated carbocycles. The van der Waals surface area contributed by atoms with Gasteiger partial charge in [-0.1, -0.05) is 6.07 Å². The Morgan fingerprint density at radius 3 is 2.81 bits per heavy atom. The fraction of sp³-hybridized carbons (Fsp3) is 0.389. The highest BCUT2D eigenvalue weighted by Crippen LogP contribution is 2.33. The van der Waals surface area contributed by atoms with Crippen LogP contribution >= 0.6 is 0 Å². The Bertz CT molecular complexity index is 792. The lowest BCUT2D eigenvalue weighted by Gasteiger charge is -2.22. The fourth-order valence-corrected chi connectivity index (χ4v) is 2.67. The summed E-state index contributed by atoms with van der Waals surface area (Å²) in [5, 5.41) is 9.15. The minimum Gasteiger partial charge on any atom is -0.461 e. The van der Waals surface area contributed by atoms with Crippen LogP contribution in [0, 0.1) is 17.2 Å². The molecule has 0 radical (unpaired) electrons. The minimum absolute atomic E-state index is 0.0857. The van der Waals surface area contributed by atoms with Crippen LogP contribution in [0.4, 0.5) is 18.9 Å². The highest BCUT2D eigenvalue weighted by Gasteiger charge is 2.31. The normalized spacial score (nSPS) is 21.2. The number of aliphatic imine (C=N–C) groups is 1. The SMILES string of the molecule is CCOC(=O)/C(N)=C1\CCC(C#N)CC1=Nc1cccc(C(F)(F)F)c1. The van der Waals surface area contributed by atoms with Crippen molar-refractivity contribution in [2.24, 2.45) is 16.6 Å². The lowest BCUT2D eigenvalue weighted by molar-refractivity contribution is -0.139. The molecule has 1 aliphatic rings. The molecule has 0 saturated heterocycles. The summed E-state index contributed by atoms with van der Waals surface area (Å²) in [4.78, 5) is 16.2. The number of carbonyl (C=O) groups excluding carboxylic acids is 1. The van der Waals surface area contributed by atoms with Crippen LogP contribution in [0.1, 0.15) is 31.7 Å². The molecule has 1 fully saturated rings. The molecule has 2 rings (SSSR count). The molecular weight excluding hydrogens is 347 g/mol. The van der Waals surface area contributed by atoms with Crippen molar-refractivity contribution in [1.29, 1.82) is 5.26 Å². The quantitative estimate of drug-likeness (QED) is 0.650. The molecule has 0 aliphatic heterocycles. The van der Waals surface area contributed by atoms with E-state index in [2.05, 4.69) is 11.1 Å². The number of nitrogens with zero attached hydrogens (tertiary/aromatic N) is 2. The Balaban J connectivity index is 2.46. The molecule has 26 heavy (non-hydrogen) atoms. The molecular formula is C18H18F3N3O2. The molecule has 138 valence electrons. The molecule has 1 aromatic carbocycles. The van der Waals surface area contributed by atoms with E-state index < -0.39 is 17.7 Å². The molecule has 5 nitrogen and oxygen atoms in total. The van der Waals surface area contributed by atoms with Crippen molar-refractivity contribution in [2.75, 3.05) is 6.61 Å². The molecule has 1 unspecified atom stereocenters. The van der Waals surface area contributed by atoms with Gasteiger partial charge in [0.1, 0.15) is 5.70 Å². The first-order valence-electron chi connectivity index (χ1n) is 8.06. The number of allylic oxidation sites excluding steroid dienone is 1. The molecule has 0 amide bonds. The molecule has 2 N–H and O–H groups in total. The Labute approximate surface area is 149 Å². The monoisotopic (exact) mass is 365 g/mol. The van der Waals surface area contributed by atoms with Crippen LogP contribution in [0.5, 0.6) is 0 Å². The molecule has 1 aromatic rings. The van der Waals surface area contributed by atoms with Crippen LogP contribution in [0.25, 0.3) is 0 Å². The zero-order valence-electron chi connectivity index (χ0n) is 14.1. The van der Waals surface area contributed by atoms with Crippen molar-refractivity contribution < 1.29 is 22.7 Å². The zero-order chi connectivity index (χ0) is 19.3. The maximum atomic E-state index is 12.9. The Morgan fingerprint density at radius 2 is 2.19 bits per heavy atom. The first-order valence-corrected chi connectivity index (χ1v) is 8.06. The molecule has 1 atom stereocenters. The van der Waals surface area contributed by atoms with E-state index in [-0.39, 0.29) is 30.3 Å². The average Bonchev–Trinajstić information content (AvgIpc) is 2.60. The minimum atomic E-state index is -4.49. The molecule has 0 spiro atoms. The van der Waals surface area contributed by atoms with Gasteiger partial charge in [0.25, 0.3) is 0 Å². The summed E-state index contributed by atoms with van der Waals surface area (Å²) in [5.41, 5.74) is 5.78. The van der Waals surface area contributed by atoms with Gasteiger partial charge < -0.3 is 10.5 Å². The third-order valence-corrected chi connectivity index (χ3v) is 3.97. The fourth-order valence-electron chi connectivity index (χ4n) is 2.67. The summed E-state index contributed by atoms with van der Waals surface area (Å²) < 4.78 is 43.5. The third-order valence-electron chi connectivity index (χ3n) is 3.97. The van der Waals surface area contributed by atoms with Crippen LogP contribution in [-0.4, -0.2) is 18.3 Å². The summed E-state index contributed by atoms with van der Waals surface area (Å²) in [6.07, 6.45) is -3.45. The predicted octanol–water partition coefficient (Wildman–Crippen LogP) is 3.88. The van der Waals surface area contributed by atoms with E-state index in [1.54, 1.807) is 6.92 Å². The highest BCUT2D eigenvalue weighted by atomic mass is 19.4.